The van der Waals surface area contributed by atoms with Crippen molar-refractivity contribution in [3.63, 3.8) is 0 Å². The fourth-order valence-corrected chi connectivity index (χ4v) is 2.89. The van der Waals surface area contributed by atoms with Gasteiger partial charge in [-0.25, -0.2) is 0 Å². The van der Waals surface area contributed by atoms with Crippen LogP contribution in [-0.4, -0.2) is 16.7 Å². The molecule has 1 aromatic heterocycles. The lowest BCUT2D eigenvalue weighted by molar-refractivity contribution is 0.402. The molecular weight excluding hydrogens is 347 g/mol. The molecule has 1 heterocycles. The molecule has 0 N–H and O–H groups in total. The van der Waals surface area contributed by atoms with Gasteiger partial charge in [0.25, 0.3) is 0 Å². The smallest absolute Gasteiger partial charge is 0.315 e. The van der Waals surface area contributed by atoms with Gasteiger partial charge in [0.05, 0.1) is 18.3 Å². The van der Waals surface area contributed by atoms with Crippen molar-refractivity contribution in [3.05, 3.63) is 80.7 Å². The van der Waals surface area contributed by atoms with Gasteiger partial charge in [0, 0.05) is 17.1 Å². The summed E-state index contributed by atoms with van der Waals surface area (Å²) in [5, 5.41) is 0.954. The largest absolute Gasteiger partial charge is 0.490 e. The lowest BCUT2D eigenvalue weighted by atomic mass is 10.2. The lowest BCUT2D eigenvalue weighted by Gasteiger charge is -2.15. The molecule has 0 aliphatic heterocycles. The van der Waals surface area contributed by atoms with Gasteiger partial charge in [-0.15, -0.1) is 0 Å². The van der Waals surface area contributed by atoms with Crippen molar-refractivity contribution in [2.75, 3.05) is 7.11 Å². The first-order chi connectivity index (χ1) is 11.6. The van der Waals surface area contributed by atoms with Crippen LogP contribution in [0.3, 0.4) is 0 Å². The Morgan fingerprint density at radius 1 is 1.12 bits per heavy atom. The van der Waals surface area contributed by atoms with E-state index in [2.05, 4.69) is 4.98 Å². The highest BCUT2D eigenvalue weighted by atomic mass is 35.5. The van der Waals surface area contributed by atoms with Crippen LogP contribution in [0.25, 0.3) is 11.4 Å². The molecule has 3 rings (SSSR count). The second-order valence-corrected chi connectivity index (χ2v) is 6.02. The quantitative estimate of drug-likeness (QED) is 0.697. The molecule has 4 nitrogen and oxygen atoms in total. The van der Waals surface area contributed by atoms with Crippen LogP contribution >= 0.6 is 23.2 Å². The van der Waals surface area contributed by atoms with Gasteiger partial charge >= 0.3 is 5.56 Å². The summed E-state index contributed by atoms with van der Waals surface area (Å²) in [6.07, 6.45) is 1.64. The number of halogens is 2. The predicted octanol–water partition coefficient (Wildman–Crippen LogP) is 4.27. The minimum Gasteiger partial charge on any atom is -0.490 e. The Morgan fingerprint density at radius 3 is 2.54 bits per heavy atom. The molecule has 0 aliphatic carbocycles. The fourth-order valence-electron chi connectivity index (χ4n) is 2.40. The highest BCUT2D eigenvalue weighted by Gasteiger charge is 2.14. The number of hydrogen-bond acceptors (Lipinski definition) is 3. The molecule has 0 unspecified atom stereocenters. The van der Waals surface area contributed by atoms with Gasteiger partial charge in [-0.1, -0.05) is 53.5 Å². The zero-order valence-electron chi connectivity index (χ0n) is 12.9. The van der Waals surface area contributed by atoms with E-state index in [0.717, 1.165) is 5.56 Å². The molecule has 0 bridgehead atoms. The number of rotatable bonds is 4. The number of hydrogen-bond donors (Lipinski definition) is 0. The minimum atomic E-state index is -0.442. The van der Waals surface area contributed by atoms with E-state index in [0.29, 0.717) is 28.0 Å². The topological polar surface area (TPSA) is 44.1 Å². The summed E-state index contributed by atoms with van der Waals surface area (Å²) < 4.78 is 6.95. The van der Waals surface area contributed by atoms with Gasteiger partial charge in [-0.2, -0.15) is 4.98 Å². The van der Waals surface area contributed by atoms with Gasteiger partial charge in [0.2, 0.25) is 5.75 Å². The highest BCUT2D eigenvalue weighted by molar-refractivity contribution is 6.36. The molecule has 0 amide bonds. The van der Waals surface area contributed by atoms with E-state index in [1.807, 2.05) is 34.9 Å². The Balaban J connectivity index is 2.16. The number of benzene rings is 2. The molecule has 24 heavy (non-hydrogen) atoms. The van der Waals surface area contributed by atoms with Crippen LogP contribution < -0.4 is 10.3 Å². The molecule has 122 valence electrons. The van der Waals surface area contributed by atoms with Gasteiger partial charge < -0.3 is 9.30 Å². The van der Waals surface area contributed by atoms with Gasteiger partial charge in [-0.05, 0) is 23.8 Å². The van der Waals surface area contributed by atoms with Crippen molar-refractivity contribution in [1.82, 2.24) is 9.55 Å². The Morgan fingerprint density at radius 2 is 1.88 bits per heavy atom. The third-order valence-corrected chi connectivity index (χ3v) is 4.10. The molecule has 0 fully saturated rings. The summed E-state index contributed by atoms with van der Waals surface area (Å²) in [6.45, 7) is 0.527. The summed E-state index contributed by atoms with van der Waals surface area (Å²) in [4.78, 5) is 16.3. The van der Waals surface area contributed by atoms with Gasteiger partial charge in [0.1, 0.15) is 5.82 Å². The predicted molar refractivity (Wildman–Crippen MR) is 96.0 cm³/mol. The van der Waals surface area contributed by atoms with Crippen molar-refractivity contribution in [3.8, 4) is 17.1 Å². The summed E-state index contributed by atoms with van der Waals surface area (Å²) in [5.41, 5.74) is 1.26. The highest BCUT2D eigenvalue weighted by Crippen LogP contribution is 2.29. The molecule has 0 atom stereocenters. The van der Waals surface area contributed by atoms with Crippen molar-refractivity contribution >= 4 is 23.2 Å². The third-order valence-electron chi connectivity index (χ3n) is 3.55. The number of nitrogens with zero attached hydrogens (tertiary/aromatic N) is 2. The first-order valence-corrected chi connectivity index (χ1v) is 7.99. The van der Waals surface area contributed by atoms with Crippen LogP contribution in [-0.2, 0) is 6.54 Å². The van der Waals surface area contributed by atoms with Crippen LogP contribution in [0.4, 0.5) is 0 Å². The van der Waals surface area contributed by atoms with Crippen molar-refractivity contribution in [1.29, 1.82) is 0 Å². The van der Waals surface area contributed by atoms with Crippen molar-refractivity contribution < 1.29 is 4.74 Å². The standard InChI is InChI=1S/C18H14Cl2N2O2/c1-24-16-11-22(10-12-5-3-2-4-6-12)17(21-18(16)23)14-8-7-13(19)9-15(14)20/h2-9,11H,10H2,1H3. The molecule has 0 saturated carbocycles. The van der Waals surface area contributed by atoms with Gasteiger partial charge in [-0.3, -0.25) is 4.79 Å². The van der Waals surface area contributed by atoms with Crippen LogP contribution in [0.2, 0.25) is 10.0 Å². The van der Waals surface area contributed by atoms with Crippen LogP contribution in [0.15, 0.2) is 59.5 Å². The van der Waals surface area contributed by atoms with Crippen molar-refractivity contribution in [2.24, 2.45) is 0 Å². The molecule has 0 aliphatic rings. The Kier molecular flexibility index (Phi) is 4.88. The summed E-state index contributed by atoms with van der Waals surface area (Å²) in [7, 11) is 1.44. The Bertz CT molecular complexity index is 924. The lowest BCUT2D eigenvalue weighted by Crippen LogP contribution is -2.17. The zero-order chi connectivity index (χ0) is 17.1. The molecule has 0 radical (unpaired) electrons. The van der Waals surface area contributed by atoms with E-state index in [1.54, 1.807) is 24.4 Å². The average Bonchev–Trinajstić information content (AvgIpc) is 2.57. The second kappa shape index (κ2) is 7.07. The fraction of sp³-hybridized carbons (Fsp3) is 0.111. The molecule has 0 spiro atoms. The summed E-state index contributed by atoms with van der Waals surface area (Å²) >= 11 is 12.3. The zero-order valence-corrected chi connectivity index (χ0v) is 14.4. The van der Waals surface area contributed by atoms with E-state index >= 15 is 0 Å². The Labute approximate surface area is 149 Å². The van der Waals surface area contributed by atoms with Crippen molar-refractivity contribution in [2.45, 2.75) is 6.54 Å². The van der Waals surface area contributed by atoms with E-state index in [-0.39, 0.29) is 5.75 Å². The molecule has 3 aromatic rings. The first-order valence-electron chi connectivity index (χ1n) is 7.23. The number of aromatic nitrogens is 2. The molecular formula is C18H14Cl2N2O2. The Hall–Kier alpha value is -2.30. The maximum Gasteiger partial charge on any atom is 0.315 e. The molecule has 6 heteroatoms. The van der Waals surface area contributed by atoms with Crippen LogP contribution in [0.5, 0.6) is 5.75 Å². The van der Waals surface area contributed by atoms with E-state index in [9.17, 15) is 4.79 Å². The minimum absolute atomic E-state index is 0.180. The van der Waals surface area contributed by atoms with E-state index in [1.165, 1.54) is 7.11 Å². The first kappa shape index (κ1) is 16.6. The monoisotopic (exact) mass is 360 g/mol. The maximum absolute atomic E-state index is 12.1. The van der Waals surface area contributed by atoms with E-state index < -0.39 is 5.56 Å². The third kappa shape index (κ3) is 3.45. The van der Waals surface area contributed by atoms with E-state index in [4.69, 9.17) is 27.9 Å². The summed E-state index contributed by atoms with van der Waals surface area (Å²) in [6, 6.07) is 14.9. The maximum atomic E-state index is 12.1. The van der Waals surface area contributed by atoms with Crippen LogP contribution in [0.1, 0.15) is 5.56 Å². The summed E-state index contributed by atoms with van der Waals surface area (Å²) in [5.74, 6) is 0.645. The molecule has 0 saturated heterocycles. The molecule has 2 aromatic carbocycles. The number of methoxy groups -OCH3 is 1. The number of ether oxygens (including phenoxy) is 1. The van der Waals surface area contributed by atoms with Gasteiger partial charge in [0.15, 0.2) is 0 Å². The normalized spacial score (nSPS) is 10.6. The van der Waals surface area contributed by atoms with Crippen LogP contribution in [0, 0.1) is 0 Å². The second-order valence-electron chi connectivity index (χ2n) is 5.18. The SMILES string of the molecule is COc1cn(Cc2ccccc2)c(-c2ccc(Cl)cc2Cl)nc1=O. The average molecular weight is 361 g/mol.